The number of alkyl halides is 3. The summed E-state index contributed by atoms with van der Waals surface area (Å²) >= 11 is 0.461. The summed E-state index contributed by atoms with van der Waals surface area (Å²) in [6, 6.07) is 7.60. The van der Waals surface area contributed by atoms with E-state index in [4.69, 9.17) is 4.74 Å². The summed E-state index contributed by atoms with van der Waals surface area (Å²) in [6.07, 6.45) is -4.22. The first-order valence-electron chi connectivity index (χ1n) is 7.28. The Morgan fingerprint density at radius 1 is 1.11 bits per heavy atom. The molecule has 0 aliphatic heterocycles. The molecule has 2 aromatic heterocycles. The topological polar surface area (TPSA) is 42.4 Å². The molecule has 4 nitrogen and oxygen atoms in total. The average Bonchev–Trinajstić information content (AvgIpc) is 3.07. The van der Waals surface area contributed by atoms with Crippen molar-refractivity contribution in [2.24, 2.45) is 0 Å². The van der Waals surface area contributed by atoms with Crippen molar-refractivity contribution in [3.63, 3.8) is 0 Å². The average molecular weight is 400 g/mol. The number of rotatable bonds is 5. The largest absolute Gasteiger partial charge is 0.438 e. The Morgan fingerprint density at radius 2 is 1.89 bits per heavy atom. The van der Waals surface area contributed by atoms with Crippen molar-refractivity contribution in [3.8, 4) is 11.6 Å². The van der Waals surface area contributed by atoms with Gasteiger partial charge in [0, 0.05) is 23.6 Å². The first-order valence-corrected chi connectivity index (χ1v) is 8.16. The van der Waals surface area contributed by atoms with E-state index < -0.39 is 22.7 Å². The standard InChI is InChI=1S/C17H9F5N2O2S/c18-10-4-5-13(12(19)6-10)24(9-25)15-2-1-3-16(23-15)26-11-7-14(27-8-11)17(20,21)22/h1-9H. The van der Waals surface area contributed by atoms with Gasteiger partial charge in [-0.15, -0.1) is 11.3 Å². The molecule has 0 aliphatic rings. The maximum atomic E-state index is 13.9. The lowest BCUT2D eigenvalue weighted by molar-refractivity contribution is -0.134. The van der Waals surface area contributed by atoms with Gasteiger partial charge in [-0.3, -0.25) is 9.69 Å². The van der Waals surface area contributed by atoms with Gasteiger partial charge in [-0.1, -0.05) is 6.07 Å². The summed E-state index contributed by atoms with van der Waals surface area (Å²) in [5.41, 5.74) is -0.244. The minimum Gasteiger partial charge on any atom is -0.438 e. The molecular formula is C17H9F5N2O2S. The zero-order chi connectivity index (χ0) is 19.6. The Balaban J connectivity index is 1.88. The number of anilines is 2. The van der Waals surface area contributed by atoms with Gasteiger partial charge in [-0.2, -0.15) is 18.2 Å². The third-order valence-corrected chi connectivity index (χ3v) is 4.26. The first kappa shape index (κ1) is 18.8. The molecule has 1 aromatic carbocycles. The third kappa shape index (κ3) is 4.22. The van der Waals surface area contributed by atoms with Crippen LogP contribution in [0.1, 0.15) is 4.88 Å². The molecule has 0 fully saturated rings. The summed E-state index contributed by atoms with van der Waals surface area (Å²) in [4.78, 5) is 15.4. The van der Waals surface area contributed by atoms with Gasteiger partial charge in [0.2, 0.25) is 12.3 Å². The number of halogens is 5. The van der Waals surface area contributed by atoms with Crippen LogP contribution in [-0.2, 0) is 11.0 Å². The van der Waals surface area contributed by atoms with Crippen LogP contribution in [0.5, 0.6) is 11.6 Å². The monoisotopic (exact) mass is 400 g/mol. The number of aromatic nitrogens is 1. The Kier molecular flexibility index (Phi) is 5.08. The van der Waals surface area contributed by atoms with Crippen LogP contribution in [0.25, 0.3) is 0 Å². The zero-order valence-corrected chi connectivity index (χ0v) is 14.0. The summed E-state index contributed by atoms with van der Waals surface area (Å²) in [5.74, 6) is -2.04. The van der Waals surface area contributed by atoms with Gasteiger partial charge in [0.25, 0.3) is 0 Å². The molecule has 3 aromatic rings. The molecule has 2 heterocycles. The Labute approximate surface area is 153 Å². The maximum Gasteiger partial charge on any atom is 0.425 e. The lowest BCUT2D eigenvalue weighted by atomic mass is 10.2. The summed E-state index contributed by atoms with van der Waals surface area (Å²) in [6.45, 7) is 0. The number of thiophene rings is 1. The van der Waals surface area contributed by atoms with Crippen molar-refractivity contribution >= 4 is 29.3 Å². The summed E-state index contributed by atoms with van der Waals surface area (Å²) < 4.78 is 70.2. The lowest BCUT2D eigenvalue weighted by Gasteiger charge is -2.17. The van der Waals surface area contributed by atoms with Crippen LogP contribution in [0.4, 0.5) is 33.5 Å². The maximum absolute atomic E-state index is 13.9. The number of benzene rings is 1. The van der Waals surface area contributed by atoms with E-state index in [0.717, 1.165) is 28.5 Å². The molecule has 0 saturated heterocycles. The number of carbonyl (C=O) groups excluding carboxylic acids is 1. The van der Waals surface area contributed by atoms with Crippen LogP contribution < -0.4 is 9.64 Å². The van der Waals surface area contributed by atoms with E-state index in [9.17, 15) is 26.7 Å². The quantitative estimate of drug-likeness (QED) is 0.418. The van der Waals surface area contributed by atoms with Crippen LogP contribution in [-0.4, -0.2) is 11.4 Å². The predicted molar refractivity (Wildman–Crippen MR) is 88.2 cm³/mol. The van der Waals surface area contributed by atoms with Crippen LogP contribution in [0.2, 0.25) is 0 Å². The van der Waals surface area contributed by atoms with E-state index in [1.165, 1.54) is 18.2 Å². The second-order valence-corrected chi connectivity index (χ2v) is 6.06. The van der Waals surface area contributed by atoms with E-state index in [2.05, 4.69) is 4.98 Å². The number of carbonyl (C=O) groups is 1. The Bertz CT molecular complexity index is 974. The molecule has 10 heteroatoms. The minimum atomic E-state index is -4.49. The molecule has 0 saturated carbocycles. The van der Waals surface area contributed by atoms with Gasteiger partial charge < -0.3 is 4.74 Å². The Morgan fingerprint density at radius 3 is 2.52 bits per heavy atom. The molecule has 3 rings (SSSR count). The summed E-state index contributed by atoms with van der Waals surface area (Å²) in [5, 5.41) is 1.16. The number of pyridine rings is 1. The molecule has 0 spiro atoms. The molecule has 0 aliphatic carbocycles. The number of hydrogen-bond donors (Lipinski definition) is 0. The number of nitrogens with zero attached hydrogens (tertiary/aromatic N) is 2. The van der Waals surface area contributed by atoms with Gasteiger partial charge in [-0.25, -0.2) is 8.78 Å². The minimum absolute atomic E-state index is 0.0562. The number of ether oxygens (including phenoxy) is 1. The zero-order valence-electron chi connectivity index (χ0n) is 13.2. The van der Waals surface area contributed by atoms with E-state index >= 15 is 0 Å². The smallest absolute Gasteiger partial charge is 0.425 e. The van der Waals surface area contributed by atoms with Crippen molar-refractivity contribution in [1.29, 1.82) is 0 Å². The molecule has 1 amide bonds. The molecule has 0 radical (unpaired) electrons. The highest BCUT2D eigenvalue weighted by molar-refractivity contribution is 7.10. The number of hydrogen-bond acceptors (Lipinski definition) is 4. The van der Waals surface area contributed by atoms with Crippen LogP contribution in [0, 0.1) is 11.6 Å². The van der Waals surface area contributed by atoms with Gasteiger partial charge in [0.05, 0.1) is 5.69 Å². The van der Waals surface area contributed by atoms with Gasteiger partial charge in [0.1, 0.15) is 28.1 Å². The highest BCUT2D eigenvalue weighted by atomic mass is 32.1. The molecule has 0 atom stereocenters. The molecular weight excluding hydrogens is 391 g/mol. The van der Waals surface area contributed by atoms with Crippen molar-refractivity contribution in [1.82, 2.24) is 4.98 Å². The van der Waals surface area contributed by atoms with E-state index in [-0.39, 0.29) is 29.5 Å². The predicted octanol–water partition coefficient (Wildman–Crippen LogP) is 5.53. The van der Waals surface area contributed by atoms with Crippen LogP contribution in [0.15, 0.2) is 47.8 Å². The van der Waals surface area contributed by atoms with E-state index in [1.807, 2.05) is 0 Å². The molecule has 0 bridgehead atoms. The van der Waals surface area contributed by atoms with Crippen LogP contribution in [0.3, 0.4) is 0 Å². The molecule has 27 heavy (non-hydrogen) atoms. The first-order chi connectivity index (χ1) is 12.8. The summed E-state index contributed by atoms with van der Waals surface area (Å²) in [7, 11) is 0. The van der Waals surface area contributed by atoms with Crippen LogP contribution >= 0.6 is 11.3 Å². The fourth-order valence-corrected chi connectivity index (χ4v) is 2.82. The molecule has 0 unspecified atom stereocenters. The van der Waals surface area contributed by atoms with Crippen molar-refractivity contribution in [2.45, 2.75) is 6.18 Å². The fraction of sp³-hybridized carbons (Fsp3) is 0.0588. The van der Waals surface area contributed by atoms with Gasteiger partial charge >= 0.3 is 6.18 Å². The van der Waals surface area contributed by atoms with Crippen molar-refractivity contribution < 1.29 is 31.5 Å². The van der Waals surface area contributed by atoms with E-state index in [0.29, 0.717) is 17.4 Å². The van der Waals surface area contributed by atoms with Gasteiger partial charge in [0.15, 0.2) is 0 Å². The third-order valence-electron chi connectivity index (χ3n) is 3.31. The van der Waals surface area contributed by atoms with Gasteiger partial charge in [-0.05, 0) is 18.2 Å². The highest BCUT2D eigenvalue weighted by Gasteiger charge is 2.32. The second kappa shape index (κ2) is 7.31. The highest BCUT2D eigenvalue weighted by Crippen LogP contribution is 2.38. The van der Waals surface area contributed by atoms with Crippen molar-refractivity contribution in [2.75, 3.05) is 4.90 Å². The lowest BCUT2D eigenvalue weighted by Crippen LogP contribution is -2.17. The SMILES string of the molecule is O=CN(c1cccc(Oc2csc(C(F)(F)F)c2)n1)c1ccc(F)cc1F. The Hall–Kier alpha value is -3.01. The fourth-order valence-electron chi connectivity index (χ4n) is 2.15. The van der Waals surface area contributed by atoms with Crippen molar-refractivity contribution in [3.05, 3.63) is 64.4 Å². The van der Waals surface area contributed by atoms with E-state index in [1.54, 1.807) is 0 Å². The normalized spacial score (nSPS) is 11.3. The second-order valence-electron chi connectivity index (χ2n) is 5.15. The molecule has 0 N–H and O–H groups in total. The molecule has 140 valence electrons. The number of amides is 1.